The Kier molecular flexibility index (Phi) is 3.15. The lowest BCUT2D eigenvalue weighted by Gasteiger charge is -2.02. The lowest BCUT2D eigenvalue weighted by atomic mass is 10.3. The second kappa shape index (κ2) is 5.12. The molecule has 0 unspecified atom stereocenters. The molecule has 21 heavy (non-hydrogen) atoms. The standard InChI is InChI=1S/C14H14N6O/c1-19-9-11(8-16-19)17-14(21)13-5-6-20(18-13)12-4-2-3-10(15)7-12/h2-9H,15H2,1H3,(H,17,21). The van der Waals surface area contributed by atoms with Gasteiger partial charge in [0.25, 0.3) is 5.91 Å². The predicted molar refractivity (Wildman–Crippen MR) is 79.1 cm³/mol. The summed E-state index contributed by atoms with van der Waals surface area (Å²) in [6, 6.07) is 8.93. The number of nitrogen functional groups attached to an aromatic ring is 1. The van der Waals surface area contributed by atoms with Crippen molar-refractivity contribution < 1.29 is 4.79 Å². The third kappa shape index (κ3) is 2.76. The van der Waals surface area contributed by atoms with Crippen molar-refractivity contribution in [2.24, 2.45) is 7.05 Å². The number of benzene rings is 1. The summed E-state index contributed by atoms with van der Waals surface area (Å²) in [7, 11) is 1.78. The minimum atomic E-state index is -0.286. The van der Waals surface area contributed by atoms with Gasteiger partial charge in [-0.25, -0.2) is 4.68 Å². The average Bonchev–Trinajstić information content (AvgIpc) is 3.08. The molecule has 0 aliphatic carbocycles. The van der Waals surface area contributed by atoms with Crippen molar-refractivity contribution in [3.63, 3.8) is 0 Å². The summed E-state index contributed by atoms with van der Waals surface area (Å²) in [4.78, 5) is 12.1. The van der Waals surface area contributed by atoms with Gasteiger partial charge in [0.2, 0.25) is 0 Å². The molecule has 1 aromatic carbocycles. The van der Waals surface area contributed by atoms with E-state index >= 15 is 0 Å². The quantitative estimate of drug-likeness (QED) is 0.711. The number of rotatable bonds is 3. The number of carbonyl (C=O) groups excluding carboxylic acids is 1. The minimum Gasteiger partial charge on any atom is -0.399 e. The van der Waals surface area contributed by atoms with E-state index < -0.39 is 0 Å². The molecular formula is C14H14N6O. The van der Waals surface area contributed by atoms with Crippen molar-refractivity contribution in [3.05, 3.63) is 54.6 Å². The lowest BCUT2D eigenvalue weighted by molar-refractivity contribution is 0.102. The van der Waals surface area contributed by atoms with E-state index in [-0.39, 0.29) is 5.91 Å². The molecule has 3 aromatic rings. The van der Waals surface area contributed by atoms with Crippen LogP contribution < -0.4 is 11.1 Å². The second-order valence-electron chi connectivity index (χ2n) is 4.60. The fraction of sp³-hybridized carbons (Fsp3) is 0.0714. The molecular weight excluding hydrogens is 268 g/mol. The summed E-state index contributed by atoms with van der Waals surface area (Å²) >= 11 is 0. The van der Waals surface area contributed by atoms with Gasteiger partial charge in [-0.15, -0.1) is 0 Å². The van der Waals surface area contributed by atoms with Gasteiger partial charge in [0.15, 0.2) is 5.69 Å². The zero-order valence-electron chi connectivity index (χ0n) is 11.4. The van der Waals surface area contributed by atoms with Gasteiger partial charge in [-0.3, -0.25) is 9.48 Å². The number of amides is 1. The fourth-order valence-corrected chi connectivity index (χ4v) is 1.94. The Hall–Kier alpha value is -3.09. The molecule has 0 saturated heterocycles. The van der Waals surface area contributed by atoms with E-state index in [1.807, 2.05) is 12.1 Å². The molecule has 0 bridgehead atoms. The zero-order valence-corrected chi connectivity index (χ0v) is 11.4. The van der Waals surface area contributed by atoms with Gasteiger partial charge in [0, 0.05) is 25.1 Å². The number of aromatic nitrogens is 4. The van der Waals surface area contributed by atoms with Gasteiger partial charge in [-0.2, -0.15) is 10.2 Å². The van der Waals surface area contributed by atoms with Crippen molar-refractivity contribution >= 4 is 17.3 Å². The van der Waals surface area contributed by atoms with Crippen LogP contribution in [-0.2, 0) is 7.05 Å². The Morgan fingerprint density at radius 3 is 2.90 bits per heavy atom. The number of carbonyl (C=O) groups is 1. The molecule has 0 spiro atoms. The first-order chi connectivity index (χ1) is 10.1. The molecule has 0 saturated carbocycles. The predicted octanol–water partition coefficient (Wildman–Crippen LogP) is 1.44. The van der Waals surface area contributed by atoms with Crippen LogP contribution in [0.2, 0.25) is 0 Å². The number of nitrogens with two attached hydrogens (primary N) is 1. The van der Waals surface area contributed by atoms with E-state index in [2.05, 4.69) is 15.5 Å². The number of nitrogens with zero attached hydrogens (tertiary/aromatic N) is 4. The van der Waals surface area contributed by atoms with Crippen LogP contribution in [0.4, 0.5) is 11.4 Å². The fourth-order valence-electron chi connectivity index (χ4n) is 1.94. The monoisotopic (exact) mass is 282 g/mol. The highest BCUT2D eigenvalue weighted by molar-refractivity contribution is 6.02. The van der Waals surface area contributed by atoms with Crippen LogP contribution in [0.25, 0.3) is 5.69 Å². The number of aryl methyl sites for hydroxylation is 1. The molecule has 106 valence electrons. The van der Waals surface area contributed by atoms with Gasteiger partial charge in [-0.05, 0) is 24.3 Å². The highest BCUT2D eigenvalue weighted by atomic mass is 16.2. The van der Waals surface area contributed by atoms with E-state index in [4.69, 9.17) is 5.73 Å². The van der Waals surface area contributed by atoms with Crippen LogP contribution in [0.3, 0.4) is 0 Å². The normalized spacial score (nSPS) is 10.5. The largest absolute Gasteiger partial charge is 0.399 e. The molecule has 0 aliphatic rings. The molecule has 0 atom stereocenters. The molecule has 3 N–H and O–H groups in total. The maximum atomic E-state index is 12.1. The maximum Gasteiger partial charge on any atom is 0.276 e. The topological polar surface area (TPSA) is 90.8 Å². The first-order valence-corrected chi connectivity index (χ1v) is 6.33. The average molecular weight is 282 g/mol. The van der Waals surface area contributed by atoms with Crippen LogP contribution >= 0.6 is 0 Å². The third-order valence-electron chi connectivity index (χ3n) is 2.92. The summed E-state index contributed by atoms with van der Waals surface area (Å²) in [5.41, 5.74) is 8.13. The number of anilines is 2. The molecule has 2 heterocycles. The molecule has 1 amide bonds. The van der Waals surface area contributed by atoms with Gasteiger partial charge in [-0.1, -0.05) is 6.07 Å². The summed E-state index contributed by atoms with van der Waals surface area (Å²) in [5, 5.41) is 11.0. The van der Waals surface area contributed by atoms with Crippen LogP contribution in [-0.4, -0.2) is 25.5 Å². The first-order valence-electron chi connectivity index (χ1n) is 6.33. The summed E-state index contributed by atoms with van der Waals surface area (Å²) in [6.07, 6.45) is 5.01. The number of nitrogens with one attached hydrogen (secondary N) is 1. The Bertz CT molecular complexity index is 788. The van der Waals surface area contributed by atoms with Crippen molar-refractivity contribution in [2.45, 2.75) is 0 Å². The Morgan fingerprint density at radius 1 is 1.33 bits per heavy atom. The van der Waals surface area contributed by atoms with Crippen molar-refractivity contribution in [1.82, 2.24) is 19.6 Å². The van der Waals surface area contributed by atoms with E-state index in [0.717, 1.165) is 5.69 Å². The molecule has 7 nitrogen and oxygen atoms in total. The third-order valence-corrected chi connectivity index (χ3v) is 2.92. The molecule has 2 aromatic heterocycles. The van der Waals surface area contributed by atoms with E-state index in [9.17, 15) is 4.79 Å². The summed E-state index contributed by atoms with van der Waals surface area (Å²) in [5.74, 6) is -0.286. The van der Waals surface area contributed by atoms with Crippen LogP contribution in [0.1, 0.15) is 10.5 Å². The van der Waals surface area contributed by atoms with Crippen LogP contribution in [0.5, 0.6) is 0 Å². The Labute approximate surface area is 121 Å². The Balaban J connectivity index is 1.80. The van der Waals surface area contributed by atoms with E-state index in [0.29, 0.717) is 17.1 Å². The molecule has 0 radical (unpaired) electrons. The van der Waals surface area contributed by atoms with Gasteiger partial charge >= 0.3 is 0 Å². The highest BCUT2D eigenvalue weighted by Crippen LogP contribution is 2.12. The van der Waals surface area contributed by atoms with Crippen molar-refractivity contribution in [1.29, 1.82) is 0 Å². The highest BCUT2D eigenvalue weighted by Gasteiger charge is 2.11. The van der Waals surface area contributed by atoms with Crippen LogP contribution in [0.15, 0.2) is 48.9 Å². The van der Waals surface area contributed by atoms with Gasteiger partial charge in [0.1, 0.15) is 0 Å². The van der Waals surface area contributed by atoms with Gasteiger partial charge in [0.05, 0.1) is 17.6 Å². The molecule has 0 aliphatic heterocycles. The minimum absolute atomic E-state index is 0.286. The molecule has 3 rings (SSSR count). The van der Waals surface area contributed by atoms with Crippen molar-refractivity contribution in [2.75, 3.05) is 11.1 Å². The molecule has 0 fully saturated rings. The van der Waals surface area contributed by atoms with Crippen LogP contribution in [0, 0.1) is 0 Å². The van der Waals surface area contributed by atoms with E-state index in [1.165, 1.54) is 0 Å². The number of hydrogen-bond donors (Lipinski definition) is 2. The summed E-state index contributed by atoms with van der Waals surface area (Å²) in [6.45, 7) is 0. The smallest absolute Gasteiger partial charge is 0.276 e. The van der Waals surface area contributed by atoms with E-state index in [1.54, 1.807) is 53.2 Å². The zero-order chi connectivity index (χ0) is 14.8. The Morgan fingerprint density at radius 2 is 2.19 bits per heavy atom. The SMILES string of the molecule is Cn1cc(NC(=O)c2ccn(-c3cccc(N)c3)n2)cn1. The summed E-state index contributed by atoms with van der Waals surface area (Å²) < 4.78 is 3.22. The van der Waals surface area contributed by atoms with Gasteiger partial charge < -0.3 is 11.1 Å². The molecule has 7 heteroatoms. The lowest BCUT2D eigenvalue weighted by Crippen LogP contribution is -2.12. The maximum absolute atomic E-state index is 12.1. The number of hydrogen-bond acceptors (Lipinski definition) is 4. The first kappa shape index (κ1) is 12.9. The second-order valence-corrected chi connectivity index (χ2v) is 4.60. The van der Waals surface area contributed by atoms with Crippen molar-refractivity contribution in [3.8, 4) is 5.69 Å².